The topological polar surface area (TPSA) is 44.0 Å². The van der Waals surface area contributed by atoms with Crippen LogP contribution in [0.3, 0.4) is 0 Å². The van der Waals surface area contributed by atoms with Crippen LogP contribution in [0.1, 0.15) is 11.1 Å². The third-order valence-electron chi connectivity index (χ3n) is 1.54. The zero-order valence-electron chi connectivity index (χ0n) is 6.87. The van der Waals surface area contributed by atoms with Crippen molar-refractivity contribution in [3.8, 4) is 6.07 Å². The zero-order valence-corrected chi connectivity index (χ0v) is 6.87. The lowest BCUT2D eigenvalue weighted by Crippen LogP contribution is -1.84. The summed E-state index contributed by atoms with van der Waals surface area (Å²) >= 11 is 0. The van der Waals surface area contributed by atoms with Crippen LogP contribution in [0.15, 0.2) is 24.3 Å². The van der Waals surface area contributed by atoms with E-state index in [1.54, 1.807) is 0 Å². The van der Waals surface area contributed by atoms with Crippen molar-refractivity contribution in [2.24, 2.45) is 0 Å². The summed E-state index contributed by atoms with van der Waals surface area (Å²) in [5.41, 5.74) is 0.877. The van der Waals surface area contributed by atoms with Crippen LogP contribution in [0.5, 0.6) is 0 Å². The molecule has 66 valence electrons. The van der Waals surface area contributed by atoms with E-state index in [1.807, 2.05) is 6.07 Å². The minimum Gasteiger partial charge on any atom is -0.392 e. The number of nitriles is 1. The SMILES string of the molecule is N#Cc1ccc(F)cc1C=CCO. The van der Waals surface area contributed by atoms with Crippen molar-refractivity contribution < 1.29 is 9.50 Å². The summed E-state index contributed by atoms with van der Waals surface area (Å²) in [6, 6.07) is 5.83. The van der Waals surface area contributed by atoms with Gasteiger partial charge in [-0.2, -0.15) is 5.26 Å². The van der Waals surface area contributed by atoms with Gasteiger partial charge < -0.3 is 5.11 Å². The monoisotopic (exact) mass is 177 g/mol. The third-order valence-corrected chi connectivity index (χ3v) is 1.54. The molecule has 0 atom stereocenters. The van der Waals surface area contributed by atoms with Gasteiger partial charge in [0.1, 0.15) is 5.82 Å². The van der Waals surface area contributed by atoms with Gasteiger partial charge in [0, 0.05) is 0 Å². The fourth-order valence-corrected chi connectivity index (χ4v) is 0.953. The van der Waals surface area contributed by atoms with Gasteiger partial charge in [-0.25, -0.2) is 4.39 Å². The highest BCUT2D eigenvalue weighted by Crippen LogP contribution is 2.11. The molecular weight excluding hydrogens is 169 g/mol. The molecule has 0 saturated carbocycles. The van der Waals surface area contributed by atoms with E-state index >= 15 is 0 Å². The van der Waals surface area contributed by atoms with Crippen LogP contribution >= 0.6 is 0 Å². The van der Waals surface area contributed by atoms with Gasteiger partial charge in [0.2, 0.25) is 0 Å². The summed E-state index contributed by atoms with van der Waals surface area (Å²) in [4.78, 5) is 0. The highest BCUT2D eigenvalue weighted by Gasteiger charge is 1.99. The molecule has 0 unspecified atom stereocenters. The maximum atomic E-state index is 12.7. The fraction of sp³-hybridized carbons (Fsp3) is 0.100. The Bertz CT molecular complexity index is 366. The molecule has 0 aromatic heterocycles. The van der Waals surface area contributed by atoms with E-state index in [9.17, 15) is 4.39 Å². The molecule has 0 heterocycles. The Labute approximate surface area is 75.6 Å². The molecule has 0 fully saturated rings. The molecule has 0 aliphatic rings. The standard InChI is InChI=1S/C10H8FNO/c11-10-4-3-9(7-12)8(6-10)2-1-5-13/h1-4,6,13H,5H2. The quantitative estimate of drug-likeness (QED) is 0.747. The molecule has 0 saturated heterocycles. The predicted octanol–water partition coefficient (Wildman–Crippen LogP) is 1.70. The largest absolute Gasteiger partial charge is 0.392 e. The molecule has 0 amide bonds. The van der Waals surface area contributed by atoms with Crippen LogP contribution < -0.4 is 0 Å². The summed E-state index contributed by atoms with van der Waals surface area (Å²) in [7, 11) is 0. The van der Waals surface area contributed by atoms with E-state index in [0.717, 1.165) is 0 Å². The van der Waals surface area contributed by atoms with Crippen molar-refractivity contribution in [1.82, 2.24) is 0 Å². The predicted molar refractivity (Wildman–Crippen MR) is 47.2 cm³/mol. The first-order valence-electron chi connectivity index (χ1n) is 3.75. The molecule has 1 rings (SSSR count). The zero-order chi connectivity index (χ0) is 9.68. The van der Waals surface area contributed by atoms with Crippen molar-refractivity contribution >= 4 is 6.08 Å². The van der Waals surface area contributed by atoms with Gasteiger partial charge in [-0.15, -0.1) is 0 Å². The molecule has 2 nitrogen and oxygen atoms in total. The van der Waals surface area contributed by atoms with E-state index in [-0.39, 0.29) is 6.61 Å². The van der Waals surface area contributed by atoms with Gasteiger partial charge in [0.25, 0.3) is 0 Å². The second-order valence-electron chi connectivity index (χ2n) is 2.43. The molecule has 0 radical (unpaired) electrons. The Kier molecular flexibility index (Phi) is 3.18. The normalized spacial score (nSPS) is 10.2. The van der Waals surface area contributed by atoms with Crippen LogP contribution in [-0.4, -0.2) is 11.7 Å². The first-order chi connectivity index (χ1) is 6.27. The number of hydrogen-bond acceptors (Lipinski definition) is 2. The van der Waals surface area contributed by atoms with Crippen LogP contribution in [0.2, 0.25) is 0 Å². The van der Waals surface area contributed by atoms with Gasteiger partial charge in [0.15, 0.2) is 0 Å². The average molecular weight is 177 g/mol. The van der Waals surface area contributed by atoms with E-state index < -0.39 is 5.82 Å². The maximum absolute atomic E-state index is 12.7. The summed E-state index contributed by atoms with van der Waals surface area (Å²) in [6.07, 6.45) is 2.97. The van der Waals surface area contributed by atoms with Crippen molar-refractivity contribution in [3.05, 3.63) is 41.2 Å². The number of benzene rings is 1. The molecule has 3 heteroatoms. The van der Waals surface area contributed by atoms with Gasteiger partial charge in [0.05, 0.1) is 18.2 Å². The van der Waals surface area contributed by atoms with E-state index in [4.69, 9.17) is 10.4 Å². The molecule has 13 heavy (non-hydrogen) atoms. The Balaban J connectivity index is 3.10. The van der Waals surface area contributed by atoms with E-state index in [1.165, 1.54) is 30.4 Å². The molecule has 1 aromatic carbocycles. The second kappa shape index (κ2) is 4.39. The summed E-state index contributed by atoms with van der Waals surface area (Å²) in [5, 5.41) is 17.1. The summed E-state index contributed by atoms with van der Waals surface area (Å²) in [6.45, 7) is -0.124. The van der Waals surface area contributed by atoms with Gasteiger partial charge in [-0.05, 0) is 23.8 Å². The van der Waals surface area contributed by atoms with Gasteiger partial charge in [-0.1, -0.05) is 12.2 Å². The Morgan fingerprint density at radius 1 is 1.54 bits per heavy atom. The minimum absolute atomic E-state index is 0.124. The van der Waals surface area contributed by atoms with Gasteiger partial charge >= 0.3 is 0 Å². The van der Waals surface area contributed by atoms with Gasteiger partial charge in [-0.3, -0.25) is 0 Å². The van der Waals surface area contributed by atoms with E-state index in [0.29, 0.717) is 11.1 Å². The molecule has 1 aromatic rings. The lowest BCUT2D eigenvalue weighted by Gasteiger charge is -1.96. The number of aliphatic hydroxyl groups excluding tert-OH is 1. The number of rotatable bonds is 2. The first kappa shape index (κ1) is 9.43. The Morgan fingerprint density at radius 3 is 2.92 bits per heavy atom. The lowest BCUT2D eigenvalue weighted by atomic mass is 10.1. The molecule has 0 spiro atoms. The Hall–Kier alpha value is -1.66. The number of hydrogen-bond donors (Lipinski definition) is 1. The number of nitrogens with zero attached hydrogens (tertiary/aromatic N) is 1. The van der Waals surface area contributed by atoms with Crippen LogP contribution in [-0.2, 0) is 0 Å². The van der Waals surface area contributed by atoms with E-state index in [2.05, 4.69) is 0 Å². The number of halogens is 1. The van der Waals surface area contributed by atoms with Crippen molar-refractivity contribution in [2.45, 2.75) is 0 Å². The fourth-order valence-electron chi connectivity index (χ4n) is 0.953. The van der Waals surface area contributed by atoms with Crippen molar-refractivity contribution in [2.75, 3.05) is 6.61 Å². The van der Waals surface area contributed by atoms with Crippen LogP contribution in [0.25, 0.3) is 6.08 Å². The average Bonchev–Trinajstić information content (AvgIpc) is 2.15. The minimum atomic E-state index is -0.392. The van der Waals surface area contributed by atoms with Crippen molar-refractivity contribution in [1.29, 1.82) is 5.26 Å². The van der Waals surface area contributed by atoms with Crippen LogP contribution in [0.4, 0.5) is 4.39 Å². The molecular formula is C10H8FNO. The highest BCUT2D eigenvalue weighted by atomic mass is 19.1. The third kappa shape index (κ3) is 2.39. The molecule has 1 N–H and O–H groups in total. The molecule has 0 bridgehead atoms. The van der Waals surface area contributed by atoms with Crippen molar-refractivity contribution in [3.63, 3.8) is 0 Å². The Morgan fingerprint density at radius 2 is 2.31 bits per heavy atom. The molecule has 0 aliphatic heterocycles. The summed E-state index contributed by atoms with van der Waals surface area (Å²) in [5.74, 6) is -0.392. The molecule has 0 aliphatic carbocycles. The summed E-state index contributed by atoms with van der Waals surface area (Å²) < 4.78 is 12.7. The highest BCUT2D eigenvalue weighted by molar-refractivity contribution is 5.57. The second-order valence-corrected chi connectivity index (χ2v) is 2.43. The first-order valence-corrected chi connectivity index (χ1v) is 3.75. The van der Waals surface area contributed by atoms with Crippen LogP contribution in [0, 0.1) is 17.1 Å². The lowest BCUT2D eigenvalue weighted by molar-refractivity contribution is 0.343. The number of aliphatic hydroxyl groups is 1. The maximum Gasteiger partial charge on any atom is 0.123 e. The smallest absolute Gasteiger partial charge is 0.123 e.